The third-order valence-corrected chi connectivity index (χ3v) is 4.55. The van der Waals surface area contributed by atoms with E-state index in [1.807, 2.05) is 0 Å². The molecule has 3 nitrogen and oxygen atoms in total. The summed E-state index contributed by atoms with van der Waals surface area (Å²) in [4.78, 5) is 2.55. The zero-order valence-electron chi connectivity index (χ0n) is 11.2. The van der Waals surface area contributed by atoms with Crippen LogP contribution in [0.15, 0.2) is 0 Å². The Bertz CT molecular complexity index is 222. The fourth-order valence-electron chi connectivity index (χ4n) is 3.59. The summed E-state index contributed by atoms with van der Waals surface area (Å²) in [6.07, 6.45) is 7.88. The molecule has 0 aromatic heterocycles. The van der Waals surface area contributed by atoms with Crippen LogP contribution in [0.2, 0.25) is 0 Å². The maximum absolute atomic E-state index is 9.45. The molecule has 1 heterocycles. The first-order chi connectivity index (χ1) is 8.35. The topological polar surface area (TPSA) is 35.5 Å². The molecule has 2 fully saturated rings. The van der Waals surface area contributed by atoms with E-state index in [0.29, 0.717) is 12.6 Å². The second-order valence-corrected chi connectivity index (χ2v) is 5.68. The molecular weight excluding hydrogens is 212 g/mol. The summed E-state index contributed by atoms with van der Waals surface area (Å²) in [5.74, 6) is 0.807. The molecule has 0 aromatic rings. The van der Waals surface area contributed by atoms with Crippen molar-refractivity contribution in [3.63, 3.8) is 0 Å². The van der Waals surface area contributed by atoms with Crippen molar-refractivity contribution in [3.05, 3.63) is 0 Å². The summed E-state index contributed by atoms with van der Waals surface area (Å²) < 4.78 is 0. The Morgan fingerprint density at radius 1 is 1.18 bits per heavy atom. The number of aliphatic hydroxyl groups excluding tert-OH is 1. The fourth-order valence-corrected chi connectivity index (χ4v) is 3.59. The Kier molecular flexibility index (Phi) is 5.26. The van der Waals surface area contributed by atoms with Gasteiger partial charge in [-0.3, -0.25) is 4.90 Å². The van der Waals surface area contributed by atoms with Crippen molar-refractivity contribution >= 4 is 0 Å². The molecule has 2 rings (SSSR count). The normalized spacial score (nSPS) is 35.3. The molecule has 1 aliphatic carbocycles. The van der Waals surface area contributed by atoms with Crippen LogP contribution in [-0.2, 0) is 0 Å². The molecule has 0 radical (unpaired) electrons. The molecule has 17 heavy (non-hydrogen) atoms. The molecule has 0 bridgehead atoms. The minimum absolute atomic E-state index is 0.346. The van der Waals surface area contributed by atoms with E-state index in [2.05, 4.69) is 17.1 Å². The molecule has 0 aromatic carbocycles. The Hall–Kier alpha value is -0.120. The van der Waals surface area contributed by atoms with Gasteiger partial charge in [-0.25, -0.2) is 0 Å². The van der Waals surface area contributed by atoms with E-state index in [1.165, 1.54) is 51.6 Å². The van der Waals surface area contributed by atoms with Crippen LogP contribution in [0, 0.1) is 5.92 Å². The highest BCUT2D eigenvalue weighted by molar-refractivity contribution is 4.87. The van der Waals surface area contributed by atoms with Gasteiger partial charge in [0.2, 0.25) is 0 Å². The molecule has 2 aliphatic rings. The van der Waals surface area contributed by atoms with Gasteiger partial charge in [-0.05, 0) is 44.7 Å². The van der Waals surface area contributed by atoms with Crippen LogP contribution in [0.1, 0.15) is 45.4 Å². The predicted octanol–water partition coefficient (Wildman–Crippen LogP) is 1.61. The molecule has 3 atom stereocenters. The summed E-state index contributed by atoms with van der Waals surface area (Å²) in [5.41, 5.74) is 0. The Morgan fingerprint density at radius 2 is 2.06 bits per heavy atom. The number of hydrogen-bond acceptors (Lipinski definition) is 3. The van der Waals surface area contributed by atoms with Gasteiger partial charge in [0.15, 0.2) is 0 Å². The number of aliphatic hydroxyl groups is 1. The van der Waals surface area contributed by atoms with Crippen molar-refractivity contribution in [3.8, 4) is 0 Å². The summed E-state index contributed by atoms with van der Waals surface area (Å²) in [5, 5.41) is 13.1. The van der Waals surface area contributed by atoms with Crippen molar-refractivity contribution in [2.45, 2.75) is 57.5 Å². The highest BCUT2D eigenvalue weighted by Gasteiger charge is 2.31. The maximum atomic E-state index is 9.45. The lowest BCUT2D eigenvalue weighted by molar-refractivity contribution is 0.0728. The van der Waals surface area contributed by atoms with Crippen molar-refractivity contribution in [2.24, 2.45) is 5.92 Å². The summed E-state index contributed by atoms with van der Waals surface area (Å²) in [7, 11) is 0. The van der Waals surface area contributed by atoms with Gasteiger partial charge in [0.05, 0.1) is 6.61 Å². The molecule has 1 saturated heterocycles. The Morgan fingerprint density at radius 3 is 2.82 bits per heavy atom. The van der Waals surface area contributed by atoms with Gasteiger partial charge >= 0.3 is 0 Å². The van der Waals surface area contributed by atoms with Gasteiger partial charge in [0, 0.05) is 18.6 Å². The summed E-state index contributed by atoms with van der Waals surface area (Å²) in [6, 6.07) is 1.16. The van der Waals surface area contributed by atoms with Crippen LogP contribution >= 0.6 is 0 Å². The number of rotatable bonds is 5. The average molecular weight is 240 g/mol. The van der Waals surface area contributed by atoms with Crippen LogP contribution in [0.4, 0.5) is 0 Å². The SMILES string of the molecule is CCNC1CCCC1CN1CCCCC1CO. The number of piperidine rings is 1. The van der Waals surface area contributed by atoms with Crippen molar-refractivity contribution in [1.29, 1.82) is 0 Å². The van der Waals surface area contributed by atoms with Crippen LogP contribution < -0.4 is 5.32 Å². The van der Waals surface area contributed by atoms with E-state index in [9.17, 15) is 5.11 Å². The lowest BCUT2D eigenvalue weighted by Crippen LogP contribution is -2.47. The highest BCUT2D eigenvalue weighted by Crippen LogP contribution is 2.28. The monoisotopic (exact) mass is 240 g/mol. The van der Waals surface area contributed by atoms with Crippen LogP contribution in [0.3, 0.4) is 0 Å². The maximum Gasteiger partial charge on any atom is 0.0586 e. The van der Waals surface area contributed by atoms with Gasteiger partial charge in [-0.2, -0.15) is 0 Å². The molecule has 3 unspecified atom stereocenters. The van der Waals surface area contributed by atoms with E-state index in [-0.39, 0.29) is 0 Å². The molecular formula is C14H28N2O. The fraction of sp³-hybridized carbons (Fsp3) is 1.00. The van der Waals surface area contributed by atoms with Gasteiger partial charge in [-0.15, -0.1) is 0 Å². The lowest BCUT2D eigenvalue weighted by atomic mass is 9.97. The van der Waals surface area contributed by atoms with Crippen LogP contribution in [0.5, 0.6) is 0 Å². The first kappa shape index (κ1) is 13.3. The van der Waals surface area contributed by atoms with Gasteiger partial charge in [0.1, 0.15) is 0 Å². The van der Waals surface area contributed by atoms with Crippen molar-refractivity contribution < 1.29 is 5.11 Å². The lowest BCUT2D eigenvalue weighted by Gasteiger charge is -2.37. The highest BCUT2D eigenvalue weighted by atomic mass is 16.3. The zero-order valence-corrected chi connectivity index (χ0v) is 11.2. The van der Waals surface area contributed by atoms with E-state index < -0.39 is 0 Å². The molecule has 100 valence electrons. The first-order valence-corrected chi connectivity index (χ1v) is 7.43. The second-order valence-electron chi connectivity index (χ2n) is 5.68. The van der Waals surface area contributed by atoms with Crippen LogP contribution in [-0.4, -0.2) is 48.3 Å². The minimum Gasteiger partial charge on any atom is -0.395 e. The largest absolute Gasteiger partial charge is 0.395 e. The number of nitrogens with zero attached hydrogens (tertiary/aromatic N) is 1. The van der Waals surface area contributed by atoms with Gasteiger partial charge < -0.3 is 10.4 Å². The third-order valence-electron chi connectivity index (χ3n) is 4.55. The second kappa shape index (κ2) is 6.72. The van der Waals surface area contributed by atoms with Crippen LogP contribution in [0.25, 0.3) is 0 Å². The smallest absolute Gasteiger partial charge is 0.0586 e. The number of nitrogens with one attached hydrogen (secondary N) is 1. The average Bonchev–Trinajstić information content (AvgIpc) is 2.78. The van der Waals surface area contributed by atoms with E-state index in [0.717, 1.165) is 18.5 Å². The minimum atomic E-state index is 0.346. The van der Waals surface area contributed by atoms with Crippen molar-refractivity contribution in [1.82, 2.24) is 10.2 Å². The van der Waals surface area contributed by atoms with Gasteiger partial charge in [-0.1, -0.05) is 19.8 Å². The first-order valence-electron chi connectivity index (χ1n) is 7.43. The quantitative estimate of drug-likeness (QED) is 0.766. The number of likely N-dealkylation sites (tertiary alicyclic amines) is 1. The molecule has 1 saturated carbocycles. The Labute approximate surface area is 106 Å². The Balaban J connectivity index is 1.85. The van der Waals surface area contributed by atoms with Gasteiger partial charge in [0.25, 0.3) is 0 Å². The van der Waals surface area contributed by atoms with E-state index >= 15 is 0 Å². The number of hydrogen-bond donors (Lipinski definition) is 2. The van der Waals surface area contributed by atoms with E-state index in [4.69, 9.17) is 0 Å². The molecule has 2 N–H and O–H groups in total. The molecule has 1 aliphatic heterocycles. The predicted molar refractivity (Wildman–Crippen MR) is 71.1 cm³/mol. The summed E-state index contributed by atoms with van der Waals surface area (Å²) >= 11 is 0. The molecule has 0 amide bonds. The van der Waals surface area contributed by atoms with Crippen molar-refractivity contribution in [2.75, 3.05) is 26.2 Å². The zero-order chi connectivity index (χ0) is 12.1. The van der Waals surface area contributed by atoms with E-state index in [1.54, 1.807) is 0 Å². The summed E-state index contributed by atoms with van der Waals surface area (Å²) in [6.45, 7) is 6.03. The molecule has 0 spiro atoms. The molecule has 3 heteroatoms. The standard InChI is InChI=1S/C14H28N2O/c1-2-15-14-8-5-6-12(14)10-16-9-4-3-7-13(16)11-17/h12-15,17H,2-11H2,1H3. The third kappa shape index (κ3) is 3.43.